The zero-order valence-corrected chi connectivity index (χ0v) is 17.2. The van der Waals surface area contributed by atoms with Crippen LogP contribution >= 0.6 is 23.4 Å². The van der Waals surface area contributed by atoms with Crippen LogP contribution in [0, 0.1) is 0 Å². The van der Waals surface area contributed by atoms with Gasteiger partial charge in [0.2, 0.25) is 11.1 Å². The fourth-order valence-electron chi connectivity index (χ4n) is 2.63. The molecule has 0 spiro atoms. The van der Waals surface area contributed by atoms with Gasteiger partial charge in [0.15, 0.2) is 17.2 Å². The second-order valence-electron chi connectivity index (χ2n) is 6.08. The summed E-state index contributed by atoms with van der Waals surface area (Å²) in [6.07, 6.45) is 3.03. The van der Waals surface area contributed by atoms with Crippen molar-refractivity contribution in [1.29, 1.82) is 0 Å². The first-order valence-corrected chi connectivity index (χ1v) is 10.2. The van der Waals surface area contributed by atoms with Gasteiger partial charge < -0.3 is 19.3 Å². The Hall–Kier alpha value is -3.63. The number of furan rings is 2. The van der Waals surface area contributed by atoms with Crippen LogP contribution in [0.4, 0.5) is 5.69 Å². The van der Waals surface area contributed by atoms with Gasteiger partial charge in [-0.25, -0.2) is 9.78 Å². The van der Waals surface area contributed by atoms with Gasteiger partial charge in [-0.2, -0.15) is 0 Å². The largest absolute Gasteiger partial charge is 0.478 e. The summed E-state index contributed by atoms with van der Waals surface area (Å²) >= 11 is 6.91. The smallest absolute Gasteiger partial charge is 0.337 e. The molecule has 0 saturated carbocycles. The summed E-state index contributed by atoms with van der Waals surface area (Å²) in [4.78, 5) is 27.9. The summed E-state index contributed by atoms with van der Waals surface area (Å²) in [6.45, 7) is 0. The van der Waals surface area contributed by atoms with E-state index in [1.807, 2.05) is 0 Å². The van der Waals surface area contributed by atoms with Crippen molar-refractivity contribution in [3.8, 4) is 22.9 Å². The molecule has 1 amide bonds. The number of anilines is 1. The Kier molecular flexibility index (Phi) is 6.01. The number of aromatic nitrogens is 3. The highest BCUT2D eigenvalue weighted by atomic mass is 35.5. The molecule has 4 aromatic rings. The highest BCUT2D eigenvalue weighted by Gasteiger charge is 2.18. The lowest BCUT2D eigenvalue weighted by Gasteiger charge is -2.08. The zero-order valence-electron chi connectivity index (χ0n) is 15.6. The van der Waals surface area contributed by atoms with Crippen molar-refractivity contribution in [2.45, 2.75) is 5.16 Å². The minimum atomic E-state index is -1.18. The normalized spacial score (nSPS) is 10.7. The van der Waals surface area contributed by atoms with Gasteiger partial charge in [0.05, 0.1) is 28.9 Å². The van der Waals surface area contributed by atoms with Gasteiger partial charge in [-0.15, -0.1) is 10.2 Å². The van der Waals surface area contributed by atoms with Crippen LogP contribution in [0.15, 0.2) is 69.0 Å². The number of rotatable bonds is 7. The lowest BCUT2D eigenvalue weighted by Crippen LogP contribution is -2.15. The van der Waals surface area contributed by atoms with Crippen LogP contribution in [-0.2, 0) is 4.79 Å². The number of carbonyl (C=O) groups excluding carboxylic acids is 1. The fourth-order valence-corrected chi connectivity index (χ4v) is 3.42. The monoisotopic (exact) mass is 456 g/mol. The summed E-state index contributed by atoms with van der Waals surface area (Å²) in [5.41, 5.74) is 1.06. The molecule has 0 saturated heterocycles. The Morgan fingerprint density at radius 3 is 2.39 bits per heavy atom. The third-order valence-electron chi connectivity index (χ3n) is 3.99. The van der Waals surface area contributed by atoms with Gasteiger partial charge in [-0.1, -0.05) is 23.4 Å². The first-order valence-electron chi connectivity index (χ1n) is 8.79. The fraction of sp³-hybridized carbons (Fsp3) is 0.0500. The molecule has 0 radical (unpaired) electrons. The summed E-state index contributed by atoms with van der Waals surface area (Å²) in [5.74, 6) is -0.615. The maximum Gasteiger partial charge on any atom is 0.337 e. The second-order valence-corrected chi connectivity index (χ2v) is 7.43. The van der Waals surface area contributed by atoms with Crippen molar-refractivity contribution in [2.75, 3.05) is 11.1 Å². The molecule has 0 unspecified atom stereocenters. The molecule has 0 atom stereocenters. The third-order valence-corrected chi connectivity index (χ3v) is 5.16. The molecule has 2 N–H and O–H groups in total. The number of carbonyl (C=O) groups is 2. The summed E-state index contributed by atoms with van der Waals surface area (Å²) in [5, 5.41) is 20.3. The highest BCUT2D eigenvalue weighted by molar-refractivity contribution is 7.99. The average molecular weight is 457 g/mol. The quantitative estimate of drug-likeness (QED) is 0.386. The van der Waals surface area contributed by atoms with Crippen molar-refractivity contribution in [3.63, 3.8) is 0 Å². The number of carboxylic acids is 1. The van der Waals surface area contributed by atoms with Crippen molar-refractivity contribution < 1.29 is 23.5 Å². The number of benzene rings is 1. The molecular weight excluding hydrogens is 444 g/mol. The van der Waals surface area contributed by atoms with E-state index < -0.39 is 5.97 Å². The molecule has 3 aromatic heterocycles. The van der Waals surface area contributed by atoms with Crippen LogP contribution in [-0.4, -0.2) is 37.9 Å². The minimum Gasteiger partial charge on any atom is -0.478 e. The van der Waals surface area contributed by atoms with E-state index in [9.17, 15) is 9.59 Å². The number of halogens is 1. The maximum absolute atomic E-state index is 12.3. The number of aromatic carboxylic acids is 1. The Bertz CT molecular complexity index is 1230. The predicted molar refractivity (Wildman–Crippen MR) is 113 cm³/mol. The molecule has 0 bridgehead atoms. The molecule has 3 heterocycles. The van der Waals surface area contributed by atoms with Crippen molar-refractivity contribution in [2.24, 2.45) is 0 Å². The molecule has 0 aliphatic heterocycles. The van der Waals surface area contributed by atoms with E-state index in [0.29, 0.717) is 28.6 Å². The number of hydrogen-bond acceptors (Lipinski definition) is 8. The first-order chi connectivity index (χ1) is 15.0. The molecule has 4 rings (SSSR count). The van der Waals surface area contributed by atoms with Crippen molar-refractivity contribution >= 4 is 40.9 Å². The molecule has 0 aliphatic carbocycles. The summed E-state index contributed by atoms with van der Waals surface area (Å²) in [7, 11) is 0. The van der Waals surface area contributed by atoms with E-state index in [2.05, 4.69) is 20.5 Å². The van der Waals surface area contributed by atoms with E-state index in [4.69, 9.17) is 25.5 Å². The number of nitrogens with one attached hydrogen (secondary N) is 1. The molecule has 156 valence electrons. The van der Waals surface area contributed by atoms with Gasteiger partial charge in [0, 0.05) is 5.69 Å². The Balaban J connectivity index is 1.49. The number of thioether (sulfide) groups is 1. The molecule has 0 fully saturated rings. The van der Waals surface area contributed by atoms with Gasteiger partial charge in [0.1, 0.15) is 5.69 Å². The van der Waals surface area contributed by atoms with Crippen LogP contribution < -0.4 is 5.32 Å². The maximum atomic E-state index is 12.3. The van der Waals surface area contributed by atoms with Crippen LogP contribution in [0.1, 0.15) is 10.4 Å². The molecule has 31 heavy (non-hydrogen) atoms. The van der Waals surface area contributed by atoms with Gasteiger partial charge in [-0.05, 0) is 42.5 Å². The number of nitrogens with zero attached hydrogens (tertiary/aromatic N) is 3. The van der Waals surface area contributed by atoms with E-state index in [1.165, 1.54) is 30.7 Å². The standard InChI is InChI=1S/C20H13ClN4O5S/c21-13-6-5-11(9-12(13)19(27)28)22-16(26)10-31-20-23-17(14-3-1-7-29-14)18(24-25-20)15-4-2-8-30-15/h1-9H,10H2,(H,22,26)(H,27,28). The van der Waals surface area contributed by atoms with Crippen LogP contribution in [0.5, 0.6) is 0 Å². The predicted octanol–water partition coefficient (Wildman–Crippen LogP) is 4.47. The highest BCUT2D eigenvalue weighted by Crippen LogP contribution is 2.30. The number of carboxylic acid groups (broad SMARTS) is 1. The van der Waals surface area contributed by atoms with Gasteiger partial charge >= 0.3 is 5.97 Å². The minimum absolute atomic E-state index is 0.0234. The van der Waals surface area contributed by atoms with E-state index in [1.54, 1.807) is 24.3 Å². The van der Waals surface area contributed by atoms with Crippen LogP contribution in [0.2, 0.25) is 5.02 Å². The second kappa shape index (κ2) is 9.02. The van der Waals surface area contributed by atoms with Gasteiger partial charge in [-0.3, -0.25) is 4.79 Å². The summed E-state index contributed by atoms with van der Waals surface area (Å²) < 4.78 is 10.8. The zero-order chi connectivity index (χ0) is 21.8. The first kappa shape index (κ1) is 20.6. The molecule has 0 aliphatic rings. The SMILES string of the molecule is O=C(CSc1nnc(-c2ccco2)c(-c2ccco2)n1)Nc1ccc(Cl)c(C(=O)O)c1. The molecule has 11 heteroatoms. The van der Waals surface area contributed by atoms with Gasteiger partial charge in [0.25, 0.3) is 0 Å². The van der Waals surface area contributed by atoms with Crippen LogP contribution in [0.25, 0.3) is 22.9 Å². The van der Waals surface area contributed by atoms with E-state index in [-0.39, 0.29) is 27.4 Å². The summed E-state index contributed by atoms with van der Waals surface area (Å²) in [6, 6.07) is 11.1. The third kappa shape index (κ3) is 4.76. The lowest BCUT2D eigenvalue weighted by atomic mass is 10.2. The lowest BCUT2D eigenvalue weighted by molar-refractivity contribution is -0.113. The Morgan fingerprint density at radius 2 is 1.74 bits per heavy atom. The van der Waals surface area contributed by atoms with Crippen molar-refractivity contribution in [1.82, 2.24) is 15.2 Å². The average Bonchev–Trinajstić information content (AvgIpc) is 3.47. The van der Waals surface area contributed by atoms with E-state index in [0.717, 1.165) is 11.8 Å². The Labute approximate surface area is 184 Å². The molecular formula is C20H13ClN4O5S. The number of hydrogen-bond donors (Lipinski definition) is 2. The van der Waals surface area contributed by atoms with E-state index >= 15 is 0 Å². The molecule has 1 aromatic carbocycles. The number of amides is 1. The van der Waals surface area contributed by atoms with Crippen molar-refractivity contribution in [3.05, 3.63) is 65.6 Å². The Morgan fingerprint density at radius 1 is 1.03 bits per heavy atom. The topological polar surface area (TPSA) is 131 Å². The van der Waals surface area contributed by atoms with Crippen LogP contribution in [0.3, 0.4) is 0 Å². The molecule has 9 nitrogen and oxygen atoms in total.